The maximum Gasteiger partial charge on any atom is 0.234 e. The van der Waals surface area contributed by atoms with Gasteiger partial charge in [0.2, 0.25) is 5.91 Å². The zero-order valence-corrected chi connectivity index (χ0v) is 13.6. The van der Waals surface area contributed by atoms with Crippen LogP contribution in [0.2, 0.25) is 0 Å². The van der Waals surface area contributed by atoms with E-state index in [0.717, 1.165) is 18.5 Å². The number of nitrogens with two attached hydrogens (primary N) is 1. The van der Waals surface area contributed by atoms with Crippen molar-refractivity contribution in [2.24, 2.45) is 11.7 Å². The summed E-state index contributed by atoms with van der Waals surface area (Å²) in [6.07, 6.45) is 9.77. The van der Waals surface area contributed by atoms with Crippen molar-refractivity contribution in [3.05, 3.63) is 18.2 Å². The van der Waals surface area contributed by atoms with E-state index in [-0.39, 0.29) is 11.9 Å². The van der Waals surface area contributed by atoms with Crippen molar-refractivity contribution in [1.82, 2.24) is 15.3 Å². The first kappa shape index (κ1) is 17.7. The molecule has 120 valence electrons. The number of unbranched alkanes of at least 4 members (excludes halogenated alkanes) is 2. The summed E-state index contributed by atoms with van der Waals surface area (Å²) in [6.45, 7) is 6.62. The molecule has 0 bridgehead atoms. The van der Waals surface area contributed by atoms with Crippen molar-refractivity contribution in [1.29, 1.82) is 0 Å². The molecule has 4 N–H and O–H groups in total. The van der Waals surface area contributed by atoms with Crippen molar-refractivity contribution in [2.45, 2.75) is 71.4 Å². The van der Waals surface area contributed by atoms with Crippen molar-refractivity contribution in [3.8, 4) is 0 Å². The number of carbonyl (C=O) groups excluding carboxylic acids is 1. The Kier molecular flexibility index (Phi) is 8.05. The van der Waals surface area contributed by atoms with E-state index in [9.17, 15) is 4.79 Å². The minimum Gasteiger partial charge on any atom is -0.368 e. The highest BCUT2D eigenvalue weighted by atomic mass is 16.1. The molecule has 1 amide bonds. The smallest absolute Gasteiger partial charge is 0.234 e. The van der Waals surface area contributed by atoms with E-state index in [1.807, 2.05) is 6.20 Å². The van der Waals surface area contributed by atoms with Crippen LogP contribution in [0.5, 0.6) is 0 Å². The molecule has 0 aliphatic heterocycles. The Morgan fingerprint density at radius 3 is 2.71 bits per heavy atom. The standard InChI is InChI=1S/C16H30N4O/c1-4-5-6-7-13(8-12(2)3)20-15(16(17)21)9-14-10-18-11-19-14/h10-13,15,20H,4-9H2,1-3H3,(H2,17,21)(H,18,19)/t13-,15+/m1/s1. The van der Waals surface area contributed by atoms with Gasteiger partial charge in [-0.2, -0.15) is 0 Å². The van der Waals surface area contributed by atoms with E-state index in [1.54, 1.807) is 6.33 Å². The van der Waals surface area contributed by atoms with Crippen molar-refractivity contribution >= 4 is 5.91 Å². The summed E-state index contributed by atoms with van der Waals surface area (Å²) < 4.78 is 0. The van der Waals surface area contributed by atoms with Gasteiger partial charge in [0, 0.05) is 18.7 Å². The predicted octanol–water partition coefficient (Wildman–Crippen LogP) is 2.39. The molecule has 0 saturated carbocycles. The van der Waals surface area contributed by atoms with Crippen LogP contribution in [-0.4, -0.2) is 28.0 Å². The van der Waals surface area contributed by atoms with Gasteiger partial charge >= 0.3 is 0 Å². The molecule has 5 nitrogen and oxygen atoms in total. The summed E-state index contributed by atoms with van der Waals surface area (Å²) in [5.41, 5.74) is 6.41. The van der Waals surface area contributed by atoms with Crippen LogP contribution in [-0.2, 0) is 11.2 Å². The lowest BCUT2D eigenvalue weighted by molar-refractivity contribution is -0.120. The third-order valence-corrected chi connectivity index (χ3v) is 3.66. The Bertz CT molecular complexity index is 389. The third kappa shape index (κ3) is 7.27. The van der Waals surface area contributed by atoms with Crippen LogP contribution in [0.25, 0.3) is 0 Å². The Labute approximate surface area is 128 Å². The molecule has 1 aromatic rings. The van der Waals surface area contributed by atoms with Gasteiger partial charge in [-0.1, -0.05) is 40.0 Å². The van der Waals surface area contributed by atoms with Crippen molar-refractivity contribution in [2.75, 3.05) is 0 Å². The molecule has 0 spiro atoms. The second-order valence-electron chi connectivity index (χ2n) is 6.21. The maximum absolute atomic E-state index is 11.7. The molecule has 0 fully saturated rings. The van der Waals surface area contributed by atoms with E-state index < -0.39 is 0 Å². The molecule has 2 atom stereocenters. The van der Waals surface area contributed by atoms with Crippen LogP contribution in [0.1, 0.15) is 58.6 Å². The fraction of sp³-hybridized carbons (Fsp3) is 0.750. The van der Waals surface area contributed by atoms with Gasteiger partial charge in [-0.3, -0.25) is 4.79 Å². The molecule has 21 heavy (non-hydrogen) atoms. The van der Waals surface area contributed by atoms with E-state index in [2.05, 4.69) is 36.1 Å². The van der Waals surface area contributed by atoms with Gasteiger partial charge in [-0.25, -0.2) is 4.98 Å². The van der Waals surface area contributed by atoms with Crippen LogP contribution in [0.15, 0.2) is 12.5 Å². The zero-order chi connectivity index (χ0) is 15.7. The van der Waals surface area contributed by atoms with Crippen LogP contribution in [0.3, 0.4) is 0 Å². The fourth-order valence-electron chi connectivity index (χ4n) is 2.62. The second kappa shape index (κ2) is 9.55. The molecule has 0 radical (unpaired) electrons. The largest absolute Gasteiger partial charge is 0.368 e. The van der Waals surface area contributed by atoms with Crippen molar-refractivity contribution < 1.29 is 4.79 Å². The molecule has 0 aliphatic rings. The highest BCUT2D eigenvalue weighted by molar-refractivity contribution is 5.80. The highest BCUT2D eigenvalue weighted by Crippen LogP contribution is 2.13. The highest BCUT2D eigenvalue weighted by Gasteiger charge is 2.21. The molecule has 0 aliphatic carbocycles. The van der Waals surface area contributed by atoms with Crippen LogP contribution >= 0.6 is 0 Å². The van der Waals surface area contributed by atoms with Gasteiger partial charge in [0.05, 0.1) is 18.1 Å². The Hall–Kier alpha value is -1.36. The van der Waals surface area contributed by atoms with E-state index in [4.69, 9.17) is 5.73 Å². The minimum atomic E-state index is -0.348. The monoisotopic (exact) mass is 294 g/mol. The number of nitrogens with zero attached hydrogens (tertiary/aromatic N) is 1. The summed E-state index contributed by atoms with van der Waals surface area (Å²) in [4.78, 5) is 18.8. The number of imidazole rings is 1. The van der Waals surface area contributed by atoms with Crippen LogP contribution in [0.4, 0.5) is 0 Å². The molecule has 1 aromatic heterocycles. The summed E-state index contributed by atoms with van der Waals surface area (Å²) in [5, 5.41) is 3.45. The Balaban J connectivity index is 2.59. The minimum absolute atomic E-state index is 0.303. The second-order valence-corrected chi connectivity index (χ2v) is 6.21. The fourth-order valence-corrected chi connectivity index (χ4v) is 2.62. The topological polar surface area (TPSA) is 83.8 Å². The lowest BCUT2D eigenvalue weighted by Gasteiger charge is -2.25. The third-order valence-electron chi connectivity index (χ3n) is 3.66. The molecule has 5 heteroatoms. The first-order chi connectivity index (χ1) is 10.0. The van der Waals surface area contributed by atoms with Crippen LogP contribution < -0.4 is 11.1 Å². The summed E-state index contributed by atoms with van der Waals surface area (Å²) >= 11 is 0. The first-order valence-electron chi connectivity index (χ1n) is 8.06. The number of rotatable bonds is 11. The number of aromatic nitrogens is 2. The SMILES string of the molecule is CCCCC[C@H](CC(C)C)N[C@@H](Cc1c[nH]cn1)C(N)=O. The number of aromatic amines is 1. The van der Waals surface area contributed by atoms with E-state index in [0.29, 0.717) is 18.4 Å². The van der Waals surface area contributed by atoms with E-state index >= 15 is 0 Å². The molecule has 0 aromatic carbocycles. The predicted molar refractivity (Wildman–Crippen MR) is 85.8 cm³/mol. The number of primary amides is 1. The van der Waals surface area contributed by atoms with E-state index in [1.165, 1.54) is 19.3 Å². The quantitative estimate of drug-likeness (QED) is 0.548. The number of hydrogen-bond donors (Lipinski definition) is 3. The van der Waals surface area contributed by atoms with Crippen molar-refractivity contribution in [3.63, 3.8) is 0 Å². The van der Waals surface area contributed by atoms with Gasteiger partial charge in [0.15, 0.2) is 0 Å². The first-order valence-corrected chi connectivity index (χ1v) is 8.06. The summed E-state index contributed by atoms with van der Waals surface area (Å²) in [5.74, 6) is 0.297. The zero-order valence-electron chi connectivity index (χ0n) is 13.6. The van der Waals surface area contributed by atoms with Gasteiger partial charge in [-0.05, 0) is 18.8 Å². The normalized spacial score (nSPS) is 14.3. The number of hydrogen-bond acceptors (Lipinski definition) is 3. The van der Waals surface area contributed by atoms with Crippen LogP contribution in [0, 0.1) is 5.92 Å². The molecule has 0 unspecified atom stereocenters. The average Bonchev–Trinajstić information content (AvgIpc) is 2.90. The molecule has 1 heterocycles. The Morgan fingerprint density at radius 2 is 2.19 bits per heavy atom. The van der Waals surface area contributed by atoms with Gasteiger partial charge < -0.3 is 16.0 Å². The molecular weight excluding hydrogens is 264 g/mol. The maximum atomic E-state index is 11.7. The lowest BCUT2D eigenvalue weighted by Crippen LogP contribution is -2.48. The average molecular weight is 294 g/mol. The number of carbonyl (C=O) groups is 1. The number of nitrogens with one attached hydrogen (secondary N) is 2. The summed E-state index contributed by atoms with van der Waals surface area (Å²) in [7, 11) is 0. The number of H-pyrrole nitrogens is 1. The molecular formula is C16H30N4O. The molecule has 1 rings (SSSR count). The molecule has 0 saturated heterocycles. The van der Waals surface area contributed by atoms with Gasteiger partial charge in [-0.15, -0.1) is 0 Å². The number of amides is 1. The van der Waals surface area contributed by atoms with Gasteiger partial charge in [0.25, 0.3) is 0 Å². The summed E-state index contributed by atoms with van der Waals surface area (Å²) in [6, 6.07) is -0.00771. The Morgan fingerprint density at radius 1 is 1.43 bits per heavy atom. The lowest BCUT2D eigenvalue weighted by atomic mass is 9.97. The van der Waals surface area contributed by atoms with Gasteiger partial charge in [0.1, 0.15) is 0 Å².